The number of imidazole rings is 1. The summed E-state index contributed by atoms with van der Waals surface area (Å²) in [5, 5.41) is 3.74. The third-order valence-electron chi connectivity index (χ3n) is 6.75. The number of piperidine rings is 1. The number of nitrogens with two attached hydrogens (primary N) is 1. The molecule has 0 bridgehead atoms. The van der Waals surface area contributed by atoms with E-state index in [-0.39, 0.29) is 23.6 Å². The number of anilines is 2. The zero-order valence-corrected chi connectivity index (χ0v) is 23.6. The van der Waals surface area contributed by atoms with Crippen molar-refractivity contribution in [1.82, 2.24) is 24.3 Å². The topological polar surface area (TPSA) is 128 Å². The number of carbonyl (C=O) groups excluding carboxylic acids is 2. The molecule has 0 spiro atoms. The summed E-state index contributed by atoms with van der Waals surface area (Å²) in [5.41, 5.74) is 8.59. The van der Waals surface area contributed by atoms with E-state index in [9.17, 15) is 9.59 Å². The van der Waals surface area contributed by atoms with Crippen molar-refractivity contribution in [1.29, 1.82) is 0 Å². The van der Waals surface area contributed by atoms with Crippen LogP contribution in [0.5, 0.6) is 5.75 Å². The molecule has 1 atom stereocenters. The Morgan fingerprint density at radius 1 is 1.26 bits per heavy atom. The van der Waals surface area contributed by atoms with Gasteiger partial charge in [0.25, 0.3) is 5.91 Å². The third kappa shape index (κ3) is 5.28. The maximum Gasteiger partial charge on any atom is 0.257 e. The molecule has 4 aromatic rings. The van der Waals surface area contributed by atoms with Gasteiger partial charge in [0.1, 0.15) is 33.8 Å². The number of hydrogen-bond donors (Lipinski definition) is 2. The number of nitrogens with one attached hydrogen (secondary N) is 1. The van der Waals surface area contributed by atoms with E-state index in [1.54, 1.807) is 24.4 Å². The molecule has 0 radical (unpaired) electrons. The van der Waals surface area contributed by atoms with Crippen LogP contribution in [0.2, 0.25) is 5.15 Å². The van der Waals surface area contributed by atoms with E-state index in [1.807, 2.05) is 30.1 Å². The molecule has 204 valence electrons. The molecule has 0 saturated carbocycles. The molecule has 3 aromatic heterocycles. The second-order valence-corrected chi connectivity index (χ2v) is 11.0. The lowest BCUT2D eigenvalue weighted by Crippen LogP contribution is -2.39. The number of ether oxygens (including phenoxy) is 1. The number of thiazole rings is 1. The van der Waals surface area contributed by atoms with Crippen LogP contribution in [-0.2, 0) is 4.79 Å². The largest absolute Gasteiger partial charge is 0.493 e. The fourth-order valence-corrected chi connectivity index (χ4v) is 5.83. The summed E-state index contributed by atoms with van der Waals surface area (Å²) in [6, 6.07) is 5.21. The Bertz CT molecular complexity index is 1550. The van der Waals surface area contributed by atoms with Gasteiger partial charge in [-0.3, -0.25) is 19.3 Å². The number of aryl methyl sites for hydroxylation is 1. The molecular weight excluding hydrogens is 538 g/mol. The molecule has 0 aliphatic carbocycles. The van der Waals surface area contributed by atoms with Gasteiger partial charge >= 0.3 is 0 Å². The molecule has 5 rings (SSSR count). The Balaban J connectivity index is 1.59. The number of nitrogens with zero attached hydrogens (tertiary/aromatic N) is 5. The quantitative estimate of drug-likeness (QED) is 0.315. The van der Waals surface area contributed by atoms with E-state index in [0.29, 0.717) is 57.9 Å². The highest BCUT2D eigenvalue weighted by Crippen LogP contribution is 2.39. The first-order valence-electron chi connectivity index (χ1n) is 12.9. The standard InChI is InChI=1S/C27H30ClN7O3S/c1-4-21(36)34-10-6-7-17(14-34)25-32-22(23-24(29)30-13-20(28)35(23)25)18-9-8-16(11-19(18)38-5-2)26(37)33-27-31-12-15(3)39-27/h8-9,11-13,17H,4-7,10,14H2,1-3H3,(H2,29,30)(H,31,33,37). The van der Waals surface area contributed by atoms with Crippen LogP contribution in [0.25, 0.3) is 16.8 Å². The predicted molar refractivity (Wildman–Crippen MR) is 153 cm³/mol. The van der Waals surface area contributed by atoms with Crippen molar-refractivity contribution in [2.45, 2.75) is 46.0 Å². The van der Waals surface area contributed by atoms with Crippen LogP contribution in [0.1, 0.15) is 60.1 Å². The van der Waals surface area contributed by atoms with E-state index in [2.05, 4.69) is 15.3 Å². The van der Waals surface area contributed by atoms with Crippen molar-refractivity contribution in [2.24, 2.45) is 0 Å². The van der Waals surface area contributed by atoms with Crippen molar-refractivity contribution in [2.75, 3.05) is 30.7 Å². The number of amides is 2. The van der Waals surface area contributed by atoms with Gasteiger partial charge in [0.15, 0.2) is 5.13 Å². The molecule has 1 aromatic carbocycles. The van der Waals surface area contributed by atoms with E-state index in [0.717, 1.165) is 30.1 Å². The molecule has 10 nitrogen and oxygen atoms in total. The summed E-state index contributed by atoms with van der Waals surface area (Å²) in [6.45, 7) is 7.34. The summed E-state index contributed by atoms with van der Waals surface area (Å²) < 4.78 is 7.81. The smallest absolute Gasteiger partial charge is 0.257 e. The number of carbonyl (C=O) groups is 2. The van der Waals surface area contributed by atoms with Crippen LogP contribution in [-0.4, -0.2) is 55.8 Å². The predicted octanol–water partition coefficient (Wildman–Crippen LogP) is 5.16. The number of benzene rings is 1. The van der Waals surface area contributed by atoms with Crippen LogP contribution in [0.3, 0.4) is 0 Å². The first-order chi connectivity index (χ1) is 18.8. The minimum Gasteiger partial charge on any atom is -0.493 e. The highest BCUT2D eigenvalue weighted by atomic mass is 35.5. The molecule has 2 amide bonds. The van der Waals surface area contributed by atoms with Gasteiger partial charge in [-0.2, -0.15) is 0 Å². The normalized spacial score (nSPS) is 15.5. The molecule has 1 unspecified atom stereocenters. The number of halogens is 1. The third-order valence-corrected chi connectivity index (χ3v) is 7.85. The summed E-state index contributed by atoms with van der Waals surface area (Å²) in [6.07, 6.45) is 5.40. The lowest BCUT2D eigenvalue weighted by molar-refractivity contribution is -0.132. The fraction of sp³-hybridized carbons (Fsp3) is 0.370. The van der Waals surface area contributed by atoms with E-state index >= 15 is 0 Å². The summed E-state index contributed by atoms with van der Waals surface area (Å²) in [4.78, 5) is 41.9. The molecule has 1 saturated heterocycles. The number of nitrogen functional groups attached to an aromatic ring is 1. The summed E-state index contributed by atoms with van der Waals surface area (Å²) in [5.74, 6) is 1.27. The van der Waals surface area contributed by atoms with Gasteiger partial charge in [-0.25, -0.2) is 15.0 Å². The van der Waals surface area contributed by atoms with Gasteiger partial charge in [-0.15, -0.1) is 11.3 Å². The lowest BCUT2D eigenvalue weighted by Gasteiger charge is -2.32. The molecule has 4 heterocycles. The zero-order valence-electron chi connectivity index (χ0n) is 22.0. The Morgan fingerprint density at radius 2 is 2.08 bits per heavy atom. The summed E-state index contributed by atoms with van der Waals surface area (Å²) in [7, 11) is 0. The monoisotopic (exact) mass is 567 g/mol. The lowest BCUT2D eigenvalue weighted by atomic mass is 9.97. The Morgan fingerprint density at radius 3 is 2.79 bits per heavy atom. The van der Waals surface area contributed by atoms with Gasteiger partial charge < -0.3 is 15.4 Å². The maximum absolute atomic E-state index is 13.0. The van der Waals surface area contributed by atoms with Crippen LogP contribution >= 0.6 is 22.9 Å². The number of likely N-dealkylation sites (tertiary alicyclic amines) is 1. The molecular formula is C27H30ClN7O3S. The van der Waals surface area contributed by atoms with E-state index < -0.39 is 0 Å². The van der Waals surface area contributed by atoms with Gasteiger partial charge in [0, 0.05) is 47.6 Å². The highest BCUT2D eigenvalue weighted by molar-refractivity contribution is 7.15. The minimum atomic E-state index is -0.292. The minimum absolute atomic E-state index is 0.0304. The Labute approximate surface area is 235 Å². The van der Waals surface area contributed by atoms with Crippen LogP contribution < -0.4 is 15.8 Å². The van der Waals surface area contributed by atoms with Crippen molar-refractivity contribution in [3.63, 3.8) is 0 Å². The first kappa shape index (κ1) is 26.9. The second-order valence-electron chi connectivity index (χ2n) is 9.38. The second kappa shape index (κ2) is 11.2. The average molecular weight is 568 g/mol. The Kier molecular flexibility index (Phi) is 7.72. The van der Waals surface area contributed by atoms with E-state index in [1.165, 1.54) is 17.5 Å². The van der Waals surface area contributed by atoms with Crippen LogP contribution in [0, 0.1) is 6.92 Å². The fourth-order valence-electron chi connectivity index (χ4n) is 4.95. The molecule has 1 aliphatic heterocycles. The molecule has 12 heteroatoms. The van der Waals surface area contributed by atoms with Gasteiger partial charge in [0.2, 0.25) is 5.91 Å². The van der Waals surface area contributed by atoms with Crippen molar-refractivity contribution >= 4 is 51.2 Å². The number of aromatic nitrogens is 4. The molecule has 1 aliphatic rings. The average Bonchev–Trinajstić information content (AvgIpc) is 3.55. The first-order valence-corrected chi connectivity index (χ1v) is 14.1. The molecule has 39 heavy (non-hydrogen) atoms. The highest BCUT2D eigenvalue weighted by Gasteiger charge is 2.30. The zero-order chi connectivity index (χ0) is 27.7. The SMILES string of the molecule is CCOc1cc(C(=O)Nc2ncc(C)s2)ccc1-c1nc(C2CCCN(C(=O)CC)C2)n2c(Cl)cnc(N)c12. The van der Waals surface area contributed by atoms with Crippen molar-refractivity contribution < 1.29 is 14.3 Å². The Hall–Kier alpha value is -3.70. The molecule has 3 N–H and O–H groups in total. The van der Waals surface area contributed by atoms with Crippen LogP contribution in [0.4, 0.5) is 10.9 Å². The van der Waals surface area contributed by atoms with E-state index in [4.69, 9.17) is 27.1 Å². The van der Waals surface area contributed by atoms with Gasteiger partial charge in [-0.1, -0.05) is 18.5 Å². The van der Waals surface area contributed by atoms with Crippen LogP contribution in [0.15, 0.2) is 30.6 Å². The van der Waals surface area contributed by atoms with Gasteiger partial charge in [0.05, 0.1) is 12.8 Å². The number of hydrogen-bond acceptors (Lipinski definition) is 8. The van der Waals surface area contributed by atoms with Crippen molar-refractivity contribution in [3.8, 4) is 17.0 Å². The van der Waals surface area contributed by atoms with Crippen molar-refractivity contribution in [3.05, 3.63) is 52.0 Å². The number of fused-ring (bicyclic) bond motifs is 1. The summed E-state index contributed by atoms with van der Waals surface area (Å²) >= 11 is 8.07. The van der Waals surface area contributed by atoms with Gasteiger partial charge in [-0.05, 0) is 44.9 Å². The number of rotatable bonds is 7. The molecule has 1 fully saturated rings. The maximum atomic E-state index is 13.0.